The van der Waals surface area contributed by atoms with Crippen LogP contribution < -0.4 is 0 Å². The number of thioether (sulfide) groups is 1. The lowest BCUT2D eigenvalue weighted by atomic mass is 9.86. The maximum absolute atomic E-state index is 8.58. The molecular formula is C15H21NS. The smallest absolute Gasteiger partial charge is 0.133 e. The van der Waals surface area contributed by atoms with Crippen LogP contribution in [0, 0.1) is 31.4 Å². The Morgan fingerprint density at radius 2 is 1.82 bits per heavy atom. The van der Waals surface area contributed by atoms with Gasteiger partial charge in [-0.05, 0) is 68.0 Å². The Bertz CT molecular complexity index is 394. The highest BCUT2D eigenvalue weighted by molar-refractivity contribution is 8.03. The summed E-state index contributed by atoms with van der Waals surface area (Å²) in [5.74, 6) is 1.53. The van der Waals surface area contributed by atoms with E-state index in [4.69, 9.17) is 5.26 Å². The second kappa shape index (κ2) is 6.71. The van der Waals surface area contributed by atoms with E-state index in [9.17, 15) is 0 Å². The summed E-state index contributed by atoms with van der Waals surface area (Å²) in [6, 6.07) is 4.53. The molecule has 0 aliphatic rings. The van der Waals surface area contributed by atoms with Gasteiger partial charge in [-0.3, -0.25) is 0 Å². The van der Waals surface area contributed by atoms with E-state index in [1.165, 1.54) is 34.0 Å². The molecule has 1 unspecified atom stereocenters. The summed E-state index contributed by atoms with van der Waals surface area (Å²) in [5.41, 5.74) is 5.63. The van der Waals surface area contributed by atoms with Crippen LogP contribution in [-0.2, 0) is 0 Å². The van der Waals surface area contributed by atoms with Gasteiger partial charge < -0.3 is 0 Å². The van der Waals surface area contributed by atoms with Gasteiger partial charge in [0.05, 0.1) is 0 Å². The molecule has 2 heteroatoms. The lowest BCUT2D eigenvalue weighted by Crippen LogP contribution is -2.04. The molecule has 0 aromatic heterocycles. The summed E-state index contributed by atoms with van der Waals surface area (Å²) in [6.07, 6.45) is 2.25. The van der Waals surface area contributed by atoms with Crippen LogP contribution in [0.1, 0.15) is 47.9 Å². The zero-order chi connectivity index (χ0) is 12.8. The van der Waals surface area contributed by atoms with E-state index in [-0.39, 0.29) is 0 Å². The maximum atomic E-state index is 8.58. The molecule has 1 aromatic rings. The third kappa shape index (κ3) is 3.78. The van der Waals surface area contributed by atoms with Gasteiger partial charge in [-0.1, -0.05) is 24.6 Å². The van der Waals surface area contributed by atoms with E-state index in [1.807, 2.05) is 0 Å². The van der Waals surface area contributed by atoms with Gasteiger partial charge >= 0.3 is 0 Å². The van der Waals surface area contributed by atoms with Gasteiger partial charge in [-0.2, -0.15) is 5.26 Å². The summed E-state index contributed by atoms with van der Waals surface area (Å²) < 4.78 is 0. The van der Waals surface area contributed by atoms with Crippen molar-refractivity contribution in [3.63, 3.8) is 0 Å². The van der Waals surface area contributed by atoms with Crippen molar-refractivity contribution in [3.8, 4) is 5.40 Å². The van der Waals surface area contributed by atoms with Gasteiger partial charge in [0.1, 0.15) is 5.40 Å². The first-order valence-corrected chi connectivity index (χ1v) is 7.17. The highest BCUT2D eigenvalue weighted by Gasteiger charge is 2.14. The number of benzene rings is 1. The van der Waals surface area contributed by atoms with Gasteiger partial charge in [-0.25, -0.2) is 0 Å². The van der Waals surface area contributed by atoms with Gasteiger partial charge in [-0.15, -0.1) is 0 Å². The number of aryl methyl sites for hydroxylation is 3. The highest BCUT2D eigenvalue weighted by atomic mass is 32.2. The van der Waals surface area contributed by atoms with Gasteiger partial charge in [0.25, 0.3) is 0 Å². The van der Waals surface area contributed by atoms with Crippen LogP contribution in [0.5, 0.6) is 0 Å². The van der Waals surface area contributed by atoms with Crippen LogP contribution in [-0.4, -0.2) is 5.75 Å². The Balaban J connectivity index is 2.92. The first-order chi connectivity index (χ1) is 8.10. The topological polar surface area (TPSA) is 23.8 Å². The molecule has 1 rings (SSSR count). The van der Waals surface area contributed by atoms with Crippen molar-refractivity contribution in [1.29, 1.82) is 5.26 Å². The molecule has 0 aliphatic carbocycles. The van der Waals surface area contributed by atoms with Crippen LogP contribution in [0.4, 0.5) is 0 Å². The monoisotopic (exact) mass is 247 g/mol. The van der Waals surface area contributed by atoms with Crippen LogP contribution in [0.3, 0.4) is 0 Å². The van der Waals surface area contributed by atoms with E-state index in [1.54, 1.807) is 0 Å². The predicted molar refractivity (Wildman–Crippen MR) is 76.4 cm³/mol. The minimum Gasteiger partial charge on any atom is -0.185 e. The number of nitriles is 1. The third-order valence-corrected chi connectivity index (χ3v) is 3.84. The Kier molecular flexibility index (Phi) is 5.58. The van der Waals surface area contributed by atoms with Gasteiger partial charge in [0.15, 0.2) is 0 Å². The summed E-state index contributed by atoms with van der Waals surface area (Å²) in [6.45, 7) is 8.79. The molecule has 17 heavy (non-hydrogen) atoms. The number of rotatable bonds is 5. The maximum Gasteiger partial charge on any atom is 0.133 e. The Morgan fingerprint density at radius 3 is 2.29 bits per heavy atom. The summed E-state index contributed by atoms with van der Waals surface area (Å²) in [7, 11) is 0. The lowest BCUT2D eigenvalue weighted by molar-refractivity contribution is 0.639. The fourth-order valence-corrected chi connectivity index (χ4v) is 3.13. The van der Waals surface area contributed by atoms with E-state index < -0.39 is 0 Å². The molecule has 0 aliphatic heterocycles. The first kappa shape index (κ1) is 14.1. The SMILES string of the molecule is CCC(CCSC#N)c1c(C)cc(C)cc1C. The zero-order valence-corrected chi connectivity index (χ0v) is 12.0. The molecule has 1 atom stereocenters. The summed E-state index contributed by atoms with van der Waals surface area (Å²) >= 11 is 1.37. The molecule has 1 aromatic carbocycles. The fourth-order valence-electron chi connectivity index (χ4n) is 2.63. The van der Waals surface area contributed by atoms with E-state index in [2.05, 4.69) is 45.2 Å². The number of nitrogens with zero attached hydrogens (tertiary/aromatic N) is 1. The van der Waals surface area contributed by atoms with Crippen LogP contribution in [0.25, 0.3) is 0 Å². The second-order valence-corrected chi connectivity index (χ2v) is 5.53. The molecule has 1 nitrogen and oxygen atoms in total. The largest absolute Gasteiger partial charge is 0.185 e. The Hall–Kier alpha value is -0.940. The molecule has 0 saturated carbocycles. The van der Waals surface area contributed by atoms with E-state index >= 15 is 0 Å². The second-order valence-electron chi connectivity index (χ2n) is 4.65. The normalized spacial score (nSPS) is 12.2. The minimum absolute atomic E-state index is 0.594. The number of hydrogen-bond acceptors (Lipinski definition) is 2. The molecule has 0 saturated heterocycles. The van der Waals surface area contributed by atoms with Crippen molar-refractivity contribution in [2.45, 2.75) is 46.5 Å². The summed E-state index contributed by atoms with van der Waals surface area (Å²) in [4.78, 5) is 0. The fraction of sp³-hybridized carbons (Fsp3) is 0.533. The zero-order valence-electron chi connectivity index (χ0n) is 11.2. The average molecular weight is 247 g/mol. The molecule has 0 fully saturated rings. The van der Waals surface area contributed by atoms with Crippen molar-refractivity contribution in [1.82, 2.24) is 0 Å². The van der Waals surface area contributed by atoms with Gasteiger partial charge in [0.2, 0.25) is 0 Å². The number of thiocyanates is 1. The standard InChI is InChI=1S/C15H21NS/c1-5-14(6-7-17-10-16)15-12(3)8-11(2)9-13(15)4/h8-9,14H,5-7H2,1-4H3. The molecule has 0 bridgehead atoms. The molecular weight excluding hydrogens is 226 g/mol. The third-order valence-electron chi connectivity index (χ3n) is 3.27. The van der Waals surface area contributed by atoms with Crippen LogP contribution >= 0.6 is 11.8 Å². The molecule has 0 N–H and O–H groups in total. The van der Waals surface area contributed by atoms with Crippen LogP contribution in [0.15, 0.2) is 12.1 Å². The number of hydrogen-bond donors (Lipinski definition) is 0. The van der Waals surface area contributed by atoms with Crippen molar-refractivity contribution in [2.75, 3.05) is 5.75 Å². The summed E-state index contributed by atoms with van der Waals surface area (Å²) in [5, 5.41) is 10.7. The molecule has 92 valence electrons. The van der Waals surface area contributed by atoms with Gasteiger partial charge in [0, 0.05) is 5.75 Å². The van der Waals surface area contributed by atoms with E-state index in [0.717, 1.165) is 18.6 Å². The molecule has 0 heterocycles. The van der Waals surface area contributed by atoms with Crippen LogP contribution in [0.2, 0.25) is 0 Å². The molecule has 0 radical (unpaired) electrons. The van der Waals surface area contributed by atoms with Crippen molar-refractivity contribution in [2.24, 2.45) is 0 Å². The quantitative estimate of drug-likeness (QED) is 0.556. The molecule has 0 spiro atoms. The highest BCUT2D eigenvalue weighted by Crippen LogP contribution is 2.31. The Morgan fingerprint density at radius 1 is 1.24 bits per heavy atom. The minimum atomic E-state index is 0.594. The first-order valence-electron chi connectivity index (χ1n) is 6.18. The van der Waals surface area contributed by atoms with Crippen molar-refractivity contribution >= 4 is 11.8 Å². The predicted octanol–water partition coefficient (Wildman–Crippen LogP) is 4.71. The van der Waals surface area contributed by atoms with E-state index in [0.29, 0.717) is 5.92 Å². The van der Waals surface area contributed by atoms with Crippen molar-refractivity contribution in [3.05, 3.63) is 34.4 Å². The Labute approximate surface area is 109 Å². The average Bonchev–Trinajstić information content (AvgIpc) is 2.25. The van der Waals surface area contributed by atoms with Crippen molar-refractivity contribution < 1.29 is 0 Å². The molecule has 0 amide bonds. The lowest BCUT2D eigenvalue weighted by Gasteiger charge is -2.20.